The Morgan fingerprint density at radius 1 is 1.14 bits per heavy atom. The lowest BCUT2D eigenvalue weighted by molar-refractivity contribution is 0.505. The highest BCUT2D eigenvalue weighted by atomic mass is 19.2. The van der Waals surface area contributed by atoms with Gasteiger partial charge in [-0.3, -0.25) is 0 Å². The molecule has 0 aromatic heterocycles. The van der Waals surface area contributed by atoms with Crippen LogP contribution >= 0.6 is 0 Å². The molecule has 1 aromatic rings. The van der Waals surface area contributed by atoms with E-state index < -0.39 is 11.6 Å². The topological polar surface area (TPSA) is 0 Å². The fraction of sp³-hybridized carbons (Fsp3) is 0.500. The Hall–Kier alpha value is -0.920. The van der Waals surface area contributed by atoms with E-state index in [0.717, 1.165) is 24.8 Å². The highest BCUT2D eigenvalue weighted by molar-refractivity contribution is 5.17. The molecule has 0 unspecified atom stereocenters. The van der Waals surface area contributed by atoms with Crippen molar-refractivity contribution in [3.05, 3.63) is 35.4 Å². The fourth-order valence-corrected chi connectivity index (χ4v) is 1.41. The van der Waals surface area contributed by atoms with Crippen LogP contribution in [0.5, 0.6) is 0 Å². The highest BCUT2D eigenvalue weighted by Gasteiger charge is 2.02. The summed E-state index contributed by atoms with van der Waals surface area (Å²) in [5.74, 6) is -0.843. The third-order valence-electron chi connectivity index (χ3n) is 2.23. The first-order valence-corrected chi connectivity index (χ1v) is 5.03. The molecule has 14 heavy (non-hydrogen) atoms. The van der Waals surface area contributed by atoms with Crippen molar-refractivity contribution >= 4 is 0 Å². The number of benzene rings is 1. The molecule has 0 fully saturated rings. The Morgan fingerprint density at radius 2 is 1.86 bits per heavy atom. The standard InChI is InChI=1S/C12H16F2/c1-9(2)4-3-5-10-6-7-11(13)12(14)8-10/h6-9H,3-5H2,1-2H3. The molecule has 0 saturated carbocycles. The summed E-state index contributed by atoms with van der Waals surface area (Å²) in [7, 11) is 0. The van der Waals surface area contributed by atoms with E-state index in [0.29, 0.717) is 5.92 Å². The largest absolute Gasteiger partial charge is 0.204 e. The van der Waals surface area contributed by atoms with Gasteiger partial charge in [0.25, 0.3) is 0 Å². The van der Waals surface area contributed by atoms with E-state index in [1.807, 2.05) is 0 Å². The van der Waals surface area contributed by atoms with E-state index in [2.05, 4.69) is 13.8 Å². The highest BCUT2D eigenvalue weighted by Crippen LogP contribution is 2.13. The van der Waals surface area contributed by atoms with Crippen LogP contribution in [0, 0.1) is 17.6 Å². The molecule has 0 amide bonds. The Morgan fingerprint density at radius 3 is 2.43 bits per heavy atom. The van der Waals surface area contributed by atoms with Gasteiger partial charge in [-0.15, -0.1) is 0 Å². The van der Waals surface area contributed by atoms with Crippen molar-refractivity contribution in [2.45, 2.75) is 33.1 Å². The smallest absolute Gasteiger partial charge is 0.159 e. The molecule has 0 saturated heterocycles. The first-order chi connectivity index (χ1) is 6.59. The first-order valence-electron chi connectivity index (χ1n) is 5.03. The van der Waals surface area contributed by atoms with Crippen molar-refractivity contribution in [3.63, 3.8) is 0 Å². The first kappa shape index (κ1) is 11.2. The molecule has 78 valence electrons. The molecule has 0 nitrogen and oxygen atoms in total. The van der Waals surface area contributed by atoms with E-state index in [-0.39, 0.29) is 0 Å². The average Bonchev–Trinajstić information content (AvgIpc) is 2.10. The maximum absolute atomic E-state index is 12.8. The molecule has 0 bridgehead atoms. The summed E-state index contributed by atoms with van der Waals surface area (Å²) >= 11 is 0. The molecule has 0 aliphatic carbocycles. The Bertz CT molecular complexity index is 292. The summed E-state index contributed by atoms with van der Waals surface area (Å²) in [6, 6.07) is 4.13. The van der Waals surface area contributed by atoms with Crippen molar-refractivity contribution in [1.82, 2.24) is 0 Å². The van der Waals surface area contributed by atoms with Crippen LogP contribution in [0.2, 0.25) is 0 Å². The SMILES string of the molecule is CC(C)CCCc1ccc(F)c(F)c1. The maximum atomic E-state index is 12.8. The summed E-state index contributed by atoms with van der Waals surface area (Å²) in [6.07, 6.45) is 2.98. The van der Waals surface area contributed by atoms with E-state index in [1.54, 1.807) is 6.07 Å². The van der Waals surface area contributed by atoms with Crippen LogP contribution in [0.25, 0.3) is 0 Å². The molecule has 0 heterocycles. The second-order valence-electron chi connectivity index (χ2n) is 4.03. The van der Waals surface area contributed by atoms with Crippen LogP contribution in [0.1, 0.15) is 32.3 Å². The summed E-state index contributed by atoms with van der Waals surface area (Å²) in [6.45, 7) is 4.32. The number of hydrogen-bond donors (Lipinski definition) is 0. The van der Waals surface area contributed by atoms with Crippen LogP contribution in [-0.4, -0.2) is 0 Å². The lowest BCUT2D eigenvalue weighted by Gasteiger charge is -2.04. The molecular formula is C12H16F2. The minimum atomic E-state index is -0.766. The third kappa shape index (κ3) is 3.44. The maximum Gasteiger partial charge on any atom is 0.159 e. The van der Waals surface area contributed by atoms with Gasteiger partial charge in [-0.05, 0) is 36.5 Å². The Labute approximate surface area is 84.0 Å². The van der Waals surface area contributed by atoms with Crippen molar-refractivity contribution in [2.24, 2.45) is 5.92 Å². The minimum Gasteiger partial charge on any atom is -0.204 e. The van der Waals surface area contributed by atoms with Crippen molar-refractivity contribution in [3.8, 4) is 0 Å². The van der Waals surface area contributed by atoms with Crippen LogP contribution < -0.4 is 0 Å². The van der Waals surface area contributed by atoms with E-state index >= 15 is 0 Å². The molecule has 0 N–H and O–H groups in total. The number of hydrogen-bond acceptors (Lipinski definition) is 0. The molecule has 1 aromatic carbocycles. The van der Waals surface area contributed by atoms with Gasteiger partial charge >= 0.3 is 0 Å². The molecule has 0 spiro atoms. The van der Waals surface area contributed by atoms with E-state index in [1.165, 1.54) is 12.1 Å². The van der Waals surface area contributed by atoms with Crippen molar-refractivity contribution < 1.29 is 8.78 Å². The lowest BCUT2D eigenvalue weighted by Crippen LogP contribution is -1.93. The van der Waals surface area contributed by atoms with E-state index in [4.69, 9.17) is 0 Å². The quantitative estimate of drug-likeness (QED) is 0.687. The average molecular weight is 198 g/mol. The second-order valence-corrected chi connectivity index (χ2v) is 4.03. The summed E-state index contributed by atoms with van der Waals surface area (Å²) in [5.41, 5.74) is 0.879. The van der Waals surface area contributed by atoms with Gasteiger partial charge in [0.1, 0.15) is 0 Å². The molecule has 0 atom stereocenters. The van der Waals surface area contributed by atoms with Gasteiger partial charge in [0.05, 0.1) is 0 Å². The molecule has 0 aliphatic rings. The predicted octanol–water partition coefficient (Wildman–Crippen LogP) is 3.94. The zero-order valence-corrected chi connectivity index (χ0v) is 8.69. The van der Waals surface area contributed by atoms with Crippen LogP contribution in [-0.2, 0) is 6.42 Å². The number of rotatable bonds is 4. The van der Waals surface area contributed by atoms with Gasteiger partial charge in [0.2, 0.25) is 0 Å². The number of aryl methyl sites for hydroxylation is 1. The van der Waals surface area contributed by atoms with Crippen LogP contribution in [0.15, 0.2) is 18.2 Å². The summed E-state index contributed by atoms with van der Waals surface area (Å²) < 4.78 is 25.4. The second kappa shape index (κ2) is 5.08. The lowest BCUT2D eigenvalue weighted by atomic mass is 10.0. The Balaban J connectivity index is 2.47. The molecule has 0 aliphatic heterocycles. The van der Waals surface area contributed by atoms with Gasteiger partial charge in [-0.2, -0.15) is 0 Å². The Kier molecular flexibility index (Phi) is 4.05. The van der Waals surface area contributed by atoms with Crippen molar-refractivity contribution in [1.29, 1.82) is 0 Å². The van der Waals surface area contributed by atoms with Gasteiger partial charge in [0.15, 0.2) is 11.6 Å². The van der Waals surface area contributed by atoms with Gasteiger partial charge in [0, 0.05) is 0 Å². The van der Waals surface area contributed by atoms with Crippen molar-refractivity contribution in [2.75, 3.05) is 0 Å². The molecule has 2 heteroatoms. The van der Waals surface area contributed by atoms with E-state index in [9.17, 15) is 8.78 Å². The minimum absolute atomic E-state index is 0.667. The summed E-state index contributed by atoms with van der Waals surface area (Å²) in [5, 5.41) is 0. The third-order valence-corrected chi connectivity index (χ3v) is 2.23. The van der Waals surface area contributed by atoms with Crippen LogP contribution in [0.3, 0.4) is 0 Å². The monoisotopic (exact) mass is 198 g/mol. The van der Waals surface area contributed by atoms with Gasteiger partial charge < -0.3 is 0 Å². The molecular weight excluding hydrogens is 182 g/mol. The fourth-order valence-electron chi connectivity index (χ4n) is 1.41. The number of halogens is 2. The molecule has 1 rings (SSSR count). The summed E-state index contributed by atoms with van der Waals surface area (Å²) in [4.78, 5) is 0. The van der Waals surface area contributed by atoms with Gasteiger partial charge in [-0.1, -0.05) is 26.3 Å². The van der Waals surface area contributed by atoms with Gasteiger partial charge in [-0.25, -0.2) is 8.78 Å². The van der Waals surface area contributed by atoms with Crippen LogP contribution in [0.4, 0.5) is 8.78 Å². The predicted molar refractivity (Wildman–Crippen MR) is 54.1 cm³/mol. The zero-order chi connectivity index (χ0) is 10.6. The zero-order valence-electron chi connectivity index (χ0n) is 8.69. The normalized spacial score (nSPS) is 10.9. The molecule has 0 radical (unpaired) electrons.